The summed E-state index contributed by atoms with van der Waals surface area (Å²) in [6.45, 7) is 5.99. The lowest BCUT2D eigenvalue weighted by atomic mass is 9.99. The number of likely N-dealkylation sites (N-methyl/N-ethyl adjacent to an activating group) is 1. The molecule has 1 fully saturated rings. The van der Waals surface area contributed by atoms with Crippen molar-refractivity contribution in [3.63, 3.8) is 0 Å². The Morgan fingerprint density at radius 3 is 2.56 bits per heavy atom. The summed E-state index contributed by atoms with van der Waals surface area (Å²) in [5.74, 6) is 0.712. The minimum atomic E-state index is -0.644. The van der Waals surface area contributed by atoms with Crippen molar-refractivity contribution in [1.82, 2.24) is 10.2 Å². The third-order valence-electron chi connectivity index (χ3n) is 2.94. The standard InChI is InChI=1S/C12H26N2O2/c1-12(15,10-14(2)3)9-13-8-11-4-6-16-7-5-11/h11,13,15H,4-10H2,1-3H3. The predicted octanol–water partition coefficient (Wildman–Crippen LogP) is 0.315. The second kappa shape index (κ2) is 6.55. The van der Waals surface area contributed by atoms with Gasteiger partial charge in [0, 0.05) is 26.3 Å². The maximum Gasteiger partial charge on any atom is 0.0869 e. The van der Waals surface area contributed by atoms with Gasteiger partial charge in [-0.1, -0.05) is 0 Å². The van der Waals surface area contributed by atoms with E-state index in [4.69, 9.17) is 4.74 Å². The number of rotatable bonds is 6. The van der Waals surface area contributed by atoms with Crippen molar-refractivity contribution in [3.05, 3.63) is 0 Å². The molecule has 1 rings (SSSR count). The van der Waals surface area contributed by atoms with Gasteiger partial charge in [0.15, 0.2) is 0 Å². The SMILES string of the molecule is CN(C)CC(C)(O)CNCC1CCOCC1. The van der Waals surface area contributed by atoms with Crippen LogP contribution < -0.4 is 5.32 Å². The van der Waals surface area contributed by atoms with Gasteiger partial charge >= 0.3 is 0 Å². The van der Waals surface area contributed by atoms with Crippen LogP contribution in [0.1, 0.15) is 19.8 Å². The van der Waals surface area contributed by atoms with Crippen LogP contribution in [-0.2, 0) is 4.74 Å². The smallest absolute Gasteiger partial charge is 0.0869 e. The quantitative estimate of drug-likeness (QED) is 0.689. The molecule has 16 heavy (non-hydrogen) atoms. The molecule has 1 aliphatic heterocycles. The monoisotopic (exact) mass is 230 g/mol. The maximum atomic E-state index is 10.1. The van der Waals surface area contributed by atoms with E-state index in [1.54, 1.807) is 0 Å². The normalized spacial score (nSPS) is 22.3. The lowest BCUT2D eigenvalue weighted by molar-refractivity contribution is 0.0292. The molecule has 1 heterocycles. The average Bonchev–Trinajstić information content (AvgIpc) is 2.16. The molecule has 1 aliphatic rings. The van der Waals surface area contributed by atoms with Gasteiger partial charge in [0.25, 0.3) is 0 Å². The number of aliphatic hydroxyl groups is 1. The van der Waals surface area contributed by atoms with Crippen molar-refractivity contribution in [2.24, 2.45) is 5.92 Å². The van der Waals surface area contributed by atoms with Crippen LogP contribution in [0, 0.1) is 5.92 Å². The molecule has 0 aliphatic carbocycles. The first-order valence-electron chi connectivity index (χ1n) is 6.15. The molecule has 1 atom stereocenters. The second-order valence-corrected chi connectivity index (χ2v) is 5.42. The van der Waals surface area contributed by atoms with Gasteiger partial charge in [-0.25, -0.2) is 0 Å². The molecular weight excluding hydrogens is 204 g/mol. The van der Waals surface area contributed by atoms with Gasteiger partial charge in [0.05, 0.1) is 5.60 Å². The number of hydrogen-bond donors (Lipinski definition) is 2. The molecule has 4 nitrogen and oxygen atoms in total. The number of ether oxygens (including phenoxy) is 1. The van der Waals surface area contributed by atoms with E-state index >= 15 is 0 Å². The van der Waals surface area contributed by atoms with Crippen molar-refractivity contribution in [1.29, 1.82) is 0 Å². The van der Waals surface area contributed by atoms with E-state index in [1.807, 2.05) is 25.9 Å². The minimum Gasteiger partial charge on any atom is -0.388 e. The topological polar surface area (TPSA) is 44.7 Å². The molecule has 0 spiro atoms. The molecule has 0 bridgehead atoms. The first-order chi connectivity index (χ1) is 7.49. The van der Waals surface area contributed by atoms with Crippen LogP contribution in [0.3, 0.4) is 0 Å². The van der Waals surface area contributed by atoms with E-state index in [0.717, 1.165) is 32.6 Å². The predicted molar refractivity (Wildman–Crippen MR) is 65.6 cm³/mol. The number of nitrogens with one attached hydrogen (secondary N) is 1. The Balaban J connectivity index is 2.13. The summed E-state index contributed by atoms with van der Waals surface area (Å²) in [6.07, 6.45) is 2.28. The van der Waals surface area contributed by atoms with Crippen LogP contribution >= 0.6 is 0 Å². The fourth-order valence-electron chi connectivity index (χ4n) is 2.23. The van der Waals surface area contributed by atoms with E-state index < -0.39 is 5.60 Å². The van der Waals surface area contributed by atoms with Gasteiger partial charge < -0.3 is 20.1 Å². The van der Waals surface area contributed by atoms with Crippen LogP contribution in [0.15, 0.2) is 0 Å². The van der Waals surface area contributed by atoms with E-state index in [9.17, 15) is 5.11 Å². The fourth-order valence-corrected chi connectivity index (χ4v) is 2.23. The summed E-state index contributed by atoms with van der Waals surface area (Å²) in [6, 6.07) is 0. The van der Waals surface area contributed by atoms with Crippen molar-refractivity contribution in [3.8, 4) is 0 Å². The van der Waals surface area contributed by atoms with Crippen LogP contribution in [-0.4, -0.2) is 62.6 Å². The zero-order valence-corrected chi connectivity index (χ0v) is 10.8. The molecule has 96 valence electrons. The molecule has 2 N–H and O–H groups in total. The number of hydrogen-bond acceptors (Lipinski definition) is 4. The zero-order chi connectivity index (χ0) is 12.0. The lowest BCUT2D eigenvalue weighted by Gasteiger charge is -2.29. The third-order valence-corrected chi connectivity index (χ3v) is 2.94. The highest BCUT2D eigenvalue weighted by Gasteiger charge is 2.21. The molecule has 0 aromatic carbocycles. The summed E-state index contributed by atoms with van der Waals surface area (Å²) in [7, 11) is 3.96. The van der Waals surface area contributed by atoms with Crippen LogP contribution in [0.4, 0.5) is 0 Å². The Kier molecular flexibility index (Phi) is 5.69. The molecule has 4 heteroatoms. The average molecular weight is 230 g/mol. The Labute approximate surface area is 99.0 Å². The highest BCUT2D eigenvalue weighted by Crippen LogP contribution is 2.13. The van der Waals surface area contributed by atoms with Gasteiger partial charge in [-0.05, 0) is 46.3 Å². The minimum absolute atomic E-state index is 0.644. The Bertz CT molecular complexity index is 189. The Morgan fingerprint density at radius 1 is 1.38 bits per heavy atom. The molecule has 0 aromatic heterocycles. The van der Waals surface area contributed by atoms with Gasteiger partial charge in [-0.2, -0.15) is 0 Å². The van der Waals surface area contributed by atoms with Gasteiger partial charge in [-0.15, -0.1) is 0 Å². The van der Waals surface area contributed by atoms with Gasteiger partial charge in [0.1, 0.15) is 0 Å². The summed E-state index contributed by atoms with van der Waals surface area (Å²) >= 11 is 0. The van der Waals surface area contributed by atoms with Crippen molar-refractivity contribution in [2.45, 2.75) is 25.4 Å². The summed E-state index contributed by atoms with van der Waals surface area (Å²) in [4.78, 5) is 2.01. The van der Waals surface area contributed by atoms with E-state index in [1.165, 1.54) is 0 Å². The molecule has 0 radical (unpaired) electrons. The van der Waals surface area contributed by atoms with Gasteiger partial charge in [0.2, 0.25) is 0 Å². The summed E-state index contributed by atoms with van der Waals surface area (Å²) in [5, 5.41) is 13.5. The lowest BCUT2D eigenvalue weighted by Crippen LogP contribution is -2.46. The van der Waals surface area contributed by atoms with Crippen molar-refractivity contribution < 1.29 is 9.84 Å². The zero-order valence-electron chi connectivity index (χ0n) is 10.8. The fraction of sp³-hybridized carbons (Fsp3) is 1.00. The highest BCUT2D eigenvalue weighted by atomic mass is 16.5. The Morgan fingerprint density at radius 2 is 2.00 bits per heavy atom. The molecule has 0 amide bonds. The van der Waals surface area contributed by atoms with E-state index in [0.29, 0.717) is 19.0 Å². The third kappa shape index (κ3) is 5.80. The molecular formula is C12H26N2O2. The molecule has 0 aromatic rings. The largest absolute Gasteiger partial charge is 0.388 e. The van der Waals surface area contributed by atoms with Crippen molar-refractivity contribution >= 4 is 0 Å². The van der Waals surface area contributed by atoms with Crippen LogP contribution in [0.25, 0.3) is 0 Å². The highest BCUT2D eigenvalue weighted by molar-refractivity contribution is 4.79. The Hall–Kier alpha value is -0.160. The summed E-state index contributed by atoms with van der Waals surface area (Å²) in [5.41, 5.74) is -0.644. The first kappa shape index (κ1) is 13.9. The van der Waals surface area contributed by atoms with Crippen LogP contribution in [0.2, 0.25) is 0 Å². The van der Waals surface area contributed by atoms with E-state index in [2.05, 4.69) is 5.32 Å². The molecule has 1 saturated heterocycles. The maximum absolute atomic E-state index is 10.1. The molecule has 1 unspecified atom stereocenters. The second-order valence-electron chi connectivity index (χ2n) is 5.42. The van der Waals surface area contributed by atoms with Crippen LogP contribution in [0.5, 0.6) is 0 Å². The molecule has 0 saturated carbocycles. The van der Waals surface area contributed by atoms with Gasteiger partial charge in [-0.3, -0.25) is 0 Å². The summed E-state index contributed by atoms with van der Waals surface area (Å²) < 4.78 is 5.32. The van der Waals surface area contributed by atoms with Crippen molar-refractivity contribution in [2.75, 3.05) is 46.9 Å². The van der Waals surface area contributed by atoms with E-state index in [-0.39, 0.29) is 0 Å². The first-order valence-corrected chi connectivity index (χ1v) is 6.15. The number of nitrogens with zero attached hydrogens (tertiary/aromatic N) is 1.